The van der Waals surface area contributed by atoms with Gasteiger partial charge >= 0.3 is 0 Å². The molecule has 0 fully saturated rings. The Morgan fingerprint density at radius 2 is 1.69 bits per heavy atom. The molecule has 2 aromatic carbocycles. The first-order valence-corrected chi connectivity index (χ1v) is 13.5. The monoisotopic (exact) mass is 539 g/mol. The second kappa shape index (κ2) is 14.1. The van der Waals surface area contributed by atoms with Crippen LogP contribution in [-0.4, -0.2) is 47.6 Å². The maximum atomic E-state index is 13.6. The molecular formula is C31H39F2N3O3. The highest BCUT2D eigenvalue weighted by Crippen LogP contribution is 2.43. The van der Waals surface area contributed by atoms with E-state index in [2.05, 4.69) is 5.32 Å². The number of aliphatic hydroxyl groups excluding tert-OH is 1. The van der Waals surface area contributed by atoms with Gasteiger partial charge in [-0.3, -0.25) is 9.59 Å². The lowest BCUT2D eigenvalue weighted by Gasteiger charge is -2.41. The number of hydrogen-bond donors (Lipinski definition) is 3. The summed E-state index contributed by atoms with van der Waals surface area (Å²) in [4.78, 5) is 28.4. The van der Waals surface area contributed by atoms with E-state index >= 15 is 0 Å². The highest BCUT2D eigenvalue weighted by atomic mass is 19.1. The van der Waals surface area contributed by atoms with Gasteiger partial charge in [0.2, 0.25) is 11.8 Å². The number of nitrogens with zero attached hydrogens (tertiary/aromatic N) is 1. The van der Waals surface area contributed by atoms with Gasteiger partial charge in [-0.1, -0.05) is 62.4 Å². The summed E-state index contributed by atoms with van der Waals surface area (Å²) in [7, 11) is 0. The minimum atomic E-state index is -1.31. The molecule has 2 aromatic rings. The van der Waals surface area contributed by atoms with Gasteiger partial charge in [0.05, 0.1) is 11.5 Å². The van der Waals surface area contributed by atoms with Crippen molar-refractivity contribution in [3.8, 4) is 0 Å². The van der Waals surface area contributed by atoms with Crippen LogP contribution in [-0.2, 0) is 22.6 Å². The summed E-state index contributed by atoms with van der Waals surface area (Å²) in [5.74, 6) is -2.79. The molecule has 3 atom stereocenters. The van der Waals surface area contributed by atoms with Gasteiger partial charge < -0.3 is 21.1 Å². The first kappa shape index (κ1) is 30.2. The van der Waals surface area contributed by atoms with Crippen molar-refractivity contribution < 1.29 is 23.5 Å². The average molecular weight is 540 g/mol. The molecule has 0 spiro atoms. The van der Waals surface area contributed by atoms with Crippen LogP contribution < -0.4 is 11.1 Å². The van der Waals surface area contributed by atoms with E-state index in [1.54, 1.807) is 23.1 Å². The Morgan fingerprint density at radius 3 is 2.28 bits per heavy atom. The van der Waals surface area contributed by atoms with E-state index in [4.69, 9.17) is 5.73 Å². The first-order chi connectivity index (χ1) is 18.7. The molecule has 1 aliphatic rings. The van der Waals surface area contributed by atoms with Crippen LogP contribution in [0.3, 0.4) is 0 Å². The van der Waals surface area contributed by atoms with Crippen molar-refractivity contribution >= 4 is 11.8 Å². The second-order valence-electron chi connectivity index (χ2n) is 10.2. The van der Waals surface area contributed by atoms with E-state index in [0.717, 1.165) is 24.5 Å². The van der Waals surface area contributed by atoms with Crippen molar-refractivity contribution in [1.82, 2.24) is 10.2 Å². The van der Waals surface area contributed by atoms with Crippen LogP contribution in [0, 0.1) is 23.0 Å². The van der Waals surface area contributed by atoms with Crippen LogP contribution in [0.5, 0.6) is 0 Å². The number of nitrogens with two attached hydrogens (primary N) is 1. The molecule has 1 unspecified atom stereocenters. The molecule has 8 heteroatoms. The van der Waals surface area contributed by atoms with E-state index in [-0.39, 0.29) is 25.4 Å². The highest BCUT2D eigenvalue weighted by molar-refractivity contribution is 5.96. The summed E-state index contributed by atoms with van der Waals surface area (Å²) < 4.78 is 27.2. The Hall–Kier alpha value is -3.36. The molecule has 210 valence electrons. The Bertz CT molecular complexity index is 1160. The average Bonchev–Trinajstić information content (AvgIpc) is 2.91. The second-order valence-corrected chi connectivity index (χ2v) is 10.2. The Morgan fingerprint density at radius 1 is 1.05 bits per heavy atom. The molecule has 4 N–H and O–H groups in total. The lowest BCUT2D eigenvalue weighted by atomic mass is 9.64. The summed E-state index contributed by atoms with van der Waals surface area (Å²) >= 11 is 0. The first-order valence-electron chi connectivity index (χ1n) is 13.5. The number of carbonyl (C=O) groups is 2. The zero-order valence-corrected chi connectivity index (χ0v) is 22.7. The fourth-order valence-electron chi connectivity index (χ4n) is 5.33. The van der Waals surface area contributed by atoms with Gasteiger partial charge in [0.15, 0.2) is 0 Å². The molecule has 1 aliphatic carbocycles. The summed E-state index contributed by atoms with van der Waals surface area (Å²) in [6.45, 7) is 5.40. The minimum absolute atomic E-state index is 0.0449. The number of hydrogen-bond acceptors (Lipinski definition) is 4. The largest absolute Gasteiger partial charge is 0.391 e. The van der Waals surface area contributed by atoms with Crippen LogP contribution >= 0.6 is 0 Å². The van der Waals surface area contributed by atoms with Gasteiger partial charge in [0.1, 0.15) is 11.6 Å². The fraction of sp³-hybridized carbons (Fsp3) is 0.419. The molecular weight excluding hydrogens is 500 g/mol. The lowest BCUT2D eigenvalue weighted by Crippen LogP contribution is -2.51. The van der Waals surface area contributed by atoms with Crippen LogP contribution in [0.15, 0.2) is 72.3 Å². The van der Waals surface area contributed by atoms with Crippen LogP contribution in [0.4, 0.5) is 8.78 Å². The highest BCUT2D eigenvalue weighted by Gasteiger charge is 2.47. The smallest absolute Gasteiger partial charge is 0.249 e. The number of nitrogens with one attached hydrogen (secondary N) is 1. The van der Waals surface area contributed by atoms with Crippen LogP contribution in [0.1, 0.15) is 44.2 Å². The Kier molecular flexibility index (Phi) is 10.9. The number of carbonyl (C=O) groups excluding carboxylic acids is 2. The normalized spacial score (nSPS) is 18.3. The van der Waals surface area contributed by atoms with E-state index in [9.17, 15) is 23.5 Å². The van der Waals surface area contributed by atoms with Crippen molar-refractivity contribution in [2.24, 2.45) is 17.1 Å². The maximum Gasteiger partial charge on any atom is 0.249 e. The molecule has 0 aliphatic heterocycles. The Balaban J connectivity index is 1.88. The van der Waals surface area contributed by atoms with E-state index in [1.165, 1.54) is 12.1 Å². The molecule has 0 saturated heterocycles. The molecule has 6 nitrogen and oxygen atoms in total. The van der Waals surface area contributed by atoms with Gasteiger partial charge in [-0.05, 0) is 48.9 Å². The number of amides is 2. The van der Waals surface area contributed by atoms with Crippen molar-refractivity contribution in [3.05, 3.63) is 95.1 Å². The van der Waals surface area contributed by atoms with Gasteiger partial charge in [-0.2, -0.15) is 0 Å². The molecule has 0 aromatic heterocycles. The summed E-state index contributed by atoms with van der Waals surface area (Å²) in [5.41, 5.74) is 6.51. The number of aliphatic hydroxyl groups is 1. The third-order valence-corrected chi connectivity index (χ3v) is 7.21. The maximum absolute atomic E-state index is 13.6. The predicted octanol–water partition coefficient (Wildman–Crippen LogP) is 4.28. The lowest BCUT2D eigenvalue weighted by molar-refractivity contribution is -0.132. The van der Waals surface area contributed by atoms with Crippen molar-refractivity contribution in [2.75, 3.05) is 19.6 Å². The zero-order chi connectivity index (χ0) is 28.4. The van der Waals surface area contributed by atoms with Crippen LogP contribution in [0.2, 0.25) is 0 Å². The number of benzene rings is 2. The van der Waals surface area contributed by atoms with Gasteiger partial charge in [-0.25, -0.2) is 8.78 Å². The molecule has 39 heavy (non-hydrogen) atoms. The molecule has 0 saturated carbocycles. The summed E-state index contributed by atoms with van der Waals surface area (Å²) in [6, 6.07) is 12.7. The van der Waals surface area contributed by atoms with Gasteiger partial charge in [0, 0.05) is 43.7 Å². The van der Waals surface area contributed by atoms with Crippen molar-refractivity contribution in [3.63, 3.8) is 0 Å². The Labute approximate surface area is 229 Å². The fourth-order valence-corrected chi connectivity index (χ4v) is 5.33. The topological polar surface area (TPSA) is 95.7 Å². The van der Waals surface area contributed by atoms with Crippen LogP contribution in [0.25, 0.3) is 0 Å². The molecule has 0 radical (unpaired) electrons. The van der Waals surface area contributed by atoms with Crippen molar-refractivity contribution in [2.45, 2.75) is 52.2 Å². The van der Waals surface area contributed by atoms with E-state index in [1.807, 2.05) is 44.2 Å². The minimum Gasteiger partial charge on any atom is -0.391 e. The third-order valence-electron chi connectivity index (χ3n) is 7.21. The van der Waals surface area contributed by atoms with Gasteiger partial charge in [-0.15, -0.1) is 0 Å². The molecule has 0 heterocycles. The molecule has 0 bridgehead atoms. The number of primary amides is 1. The molecule has 3 rings (SSSR count). The predicted molar refractivity (Wildman–Crippen MR) is 148 cm³/mol. The number of halogens is 2. The SMILES string of the molecule is CCCN(CCC)C(=O)C1=CC=CC(C(N)=O)([C@H](Cc2ccccc2)[C@@H](O)CNCc2cc(F)cc(F)c2)C1. The quantitative estimate of drug-likeness (QED) is 0.334. The standard InChI is InChI=1S/C31H39F2N3O3/c1-3-13-36(14-4-2)29(38)24-11-8-12-31(19-24,30(34)39)27(17-22-9-6-5-7-10-22)28(37)21-35-20-23-15-25(32)18-26(33)16-23/h5-12,15-16,18,27-28,35,37H,3-4,13-14,17,19-21H2,1-2H3,(H2,34,39)/t27-,28+,31?/m1/s1. The van der Waals surface area contributed by atoms with Crippen molar-refractivity contribution in [1.29, 1.82) is 0 Å². The number of allylic oxidation sites excluding steroid dienone is 2. The summed E-state index contributed by atoms with van der Waals surface area (Å²) in [6.07, 6.45) is 6.09. The molecule has 2 amide bonds. The third kappa shape index (κ3) is 7.83. The van der Waals surface area contributed by atoms with E-state index < -0.39 is 35.0 Å². The zero-order valence-electron chi connectivity index (χ0n) is 22.7. The summed E-state index contributed by atoms with van der Waals surface area (Å²) in [5, 5.41) is 14.5. The number of rotatable bonds is 14. The van der Waals surface area contributed by atoms with Gasteiger partial charge in [0.25, 0.3) is 0 Å². The van der Waals surface area contributed by atoms with E-state index in [0.29, 0.717) is 30.6 Å².